The first-order chi connectivity index (χ1) is 8.53. The maximum absolute atomic E-state index is 12.0. The van der Waals surface area contributed by atoms with E-state index in [9.17, 15) is 13.2 Å². The number of methoxy groups -OCH3 is 2. The van der Waals surface area contributed by atoms with E-state index in [1.807, 2.05) is 0 Å². The summed E-state index contributed by atoms with van der Waals surface area (Å²) in [5.41, 5.74) is 0. The van der Waals surface area contributed by atoms with E-state index in [4.69, 9.17) is 9.47 Å². The first-order valence-electron chi connectivity index (χ1n) is 5.44. The Balaban J connectivity index is 2.73. The van der Waals surface area contributed by atoms with Crippen LogP contribution in [0.25, 0.3) is 0 Å². The summed E-state index contributed by atoms with van der Waals surface area (Å²) in [5.74, 6) is -0.633. The molecule has 8 nitrogen and oxygen atoms in total. The van der Waals surface area contributed by atoms with Gasteiger partial charge in [-0.3, -0.25) is 4.79 Å². The number of morpholine rings is 1. The van der Waals surface area contributed by atoms with Gasteiger partial charge in [0.2, 0.25) is 0 Å². The molecule has 0 bridgehead atoms. The largest absolute Gasteiger partial charge is 0.468 e. The van der Waals surface area contributed by atoms with Crippen molar-refractivity contribution in [3.05, 3.63) is 0 Å². The van der Waals surface area contributed by atoms with Crippen LogP contribution >= 0.6 is 0 Å². The SMILES string of the molecule is COCCNS(=O)(=O)N1CCOCC1C(=O)OC. The van der Waals surface area contributed by atoms with Crippen molar-refractivity contribution in [3.8, 4) is 0 Å². The molecule has 0 amide bonds. The maximum atomic E-state index is 12.0. The molecular formula is C9H18N2O6S. The van der Waals surface area contributed by atoms with Gasteiger partial charge in [0.15, 0.2) is 0 Å². The minimum absolute atomic E-state index is 0.00212. The number of esters is 1. The zero-order chi connectivity index (χ0) is 13.6. The Kier molecular flexibility index (Phi) is 5.96. The van der Waals surface area contributed by atoms with Crippen LogP contribution in [0.5, 0.6) is 0 Å². The molecule has 1 aliphatic heterocycles. The fourth-order valence-corrected chi connectivity index (χ4v) is 2.86. The lowest BCUT2D eigenvalue weighted by Gasteiger charge is -2.32. The Morgan fingerprint density at radius 1 is 1.50 bits per heavy atom. The highest BCUT2D eigenvalue weighted by Crippen LogP contribution is 2.12. The molecule has 0 aromatic carbocycles. The number of rotatable bonds is 6. The highest BCUT2D eigenvalue weighted by molar-refractivity contribution is 7.87. The number of hydrogen-bond donors (Lipinski definition) is 1. The molecule has 0 aromatic heterocycles. The Morgan fingerprint density at radius 2 is 2.22 bits per heavy atom. The molecule has 1 N–H and O–H groups in total. The molecule has 1 aliphatic rings. The van der Waals surface area contributed by atoms with Gasteiger partial charge >= 0.3 is 5.97 Å². The summed E-state index contributed by atoms with van der Waals surface area (Å²) in [7, 11) is -1.06. The second-order valence-electron chi connectivity index (χ2n) is 3.62. The van der Waals surface area contributed by atoms with Gasteiger partial charge in [-0.1, -0.05) is 0 Å². The van der Waals surface area contributed by atoms with E-state index in [2.05, 4.69) is 9.46 Å². The van der Waals surface area contributed by atoms with Crippen molar-refractivity contribution in [2.45, 2.75) is 6.04 Å². The fourth-order valence-electron chi connectivity index (χ4n) is 1.55. The third-order valence-electron chi connectivity index (χ3n) is 2.45. The standard InChI is InChI=1S/C9H18N2O6S/c1-15-5-3-10-18(13,14)11-4-6-17-7-8(11)9(12)16-2/h8,10H,3-7H2,1-2H3. The number of nitrogens with zero attached hydrogens (tertiary/aromatic N) is 1. The monoisotopic (exact) mass is 282 g/mol. The van der Waals surface area contributed by atoms with Crippen molar-refractivity contribution in [2.75, 3.05) is 47.1 Å². The summed E-state index contributed by atoms with van der Waals surface area (Å²) >= 11 is 0. The summed E-state index contributed by atoms with van der Waals surface area (Å²) in [6, 6.07) is -0.941. The molecule has 1 unspecified atom stereocenters. The summed E-state index contributed by atoms with van der Waals surface area (Å²) in [6.45, 7) is 0.759. The van der Waals surface area contributed by atoms with E-state index < -0.39 is 22.2 Å². The summed E-state index contributed by atoms with van der Waals surface area (Å²) in [6.07, 6.45) is 0. The smallest absolute Gasteiger partial charge is 0.326 e. The Bertz CT molecular complexity index is 371. The molecule has 106 valence electrons. The predicted molar refractivity (Wildman–Crippen MR) is 62.1 cm³/mol. The van der Waals surface area contributed by atoms with Gasteiger partial charge in [0, 0.05) is 20.2 Å². The van der Waals surface area contributed by atoms with Gasteiger partial charge in [0.25, 0.3) is 10.2 Å². The first kappa shape index (κ1) is 15.3. The van der Waals surface area contributed by atoms with Gasteiger partial charge in [-0.15, -0.1) is 0 Å². The van der Waals surface area contributed by atoms with E-state index in [1.54, 1.807) is 0 Å². The number of carbonyl (C=O) groups excluding carboxylic acids is 1. The summed E-state index contributed by atoms with van der Waals surface area (Å²) in [4.78, 5) is 11.5. The molecule has 1 heterocycles. The van der Waals surface area contributed by atoms with E-state index in [0.717, 1.165) is 4.31 Å². The molecule has 1 atom stereocenters. The number of hydrogen-bond acceptors (Lipinski definition) is 6. The molecule has 0 saturated carbocycles. The number of ether oxygens (including phenoxy) is 3. The van der Waals surface area contributed by atoms with Gasteiger partial charge < -0.3 is 14.2 Å². The van der Waals surface area contributed by atoms with E-state index in [-0.39, 0.29) is 32.9 Å². The van der Waals surface area contributed by atoms with Crippen LogP contribution in [0.3, 0.4) is 0 Å². The van der Waals surface area contributed by atoms with Crippen molar-refractivity contribution in [1.29, 1.82) is 0 Å². The fraction of sp³-hybridized carbons (Fsp3) is 0.889. The van der Waals surface area contributed by atoms with Gasteiger partial charge in [-0.2, -0.15) is 17.4 Å². The number of nitrogens with one attached hydrogen (secondary N) is 1. The lowest BCUT2D eigenvalue weighted by atomic mass is 10.3. The highest BCUT2D eigenvalue weighted by Gasteiger charge is 2.37. The Morgan fingerprint density at radius 3 is 2.83 bits per heavy atom. The average molecular weight is 282 g/mol. The zero-order valence-corrected chi connectivity index (χ0v) is 11.2. The van der Waals surface area contributed by atoms with Gasteiger partial charge in [-0.05, 0) is 0 Å². The molecule has 18 heavy (non-hydrogen) atoms. The second kappa shape index (κ2) is 7.00. The normalized spacial score (nSPS) is 21.8. The Hall–Kier alpha value is -0.740. The quantitative estimate of drug-likeness (QED) is 0.463. The lowest BCUT2D eigenvalue weighted by molar-refractivity contribution is -0.149. The molecule has 9 heteroatoms. The summed E-state index contributed by atoms with van der Waals surface area (Å²) in [5, 5.41) is 0. The highest BCUT2D eigenvalue weighted by atomic mass is 32.2. The molecule has 0 aromatic rings. The third-order valence-corrected chi connectivity index (χ3v) is 4.08. The first-order valence-corrected chi connectivity index (χ1v) is 6.88. The maximum Gasteiger partial charge on any atom is 0.326 e. The minimum Gasteiger partial charge on any atom is -0.468 e. The molecule has 0 spiro atoms. The Labute approximate surface area is 106 Å². The van der Waals surface area contributed by atoms with Crippen LogP contribution < -0.4 is 4.72 Å². The van der Waals surface area contributed by atoms with Gasteiger partial charge in [0.05, 0.1) is 26.9 Å². The van der Waals surface area contributed by atoms with Crippen LogP contribution in [0.2, 0.25) is 0 Å². The van der Waals surface area contributed by atoms with Crippen LogP contribution in [0.4, 0.5) is 0 Å². The van der Waals surface area contributed by atoms with E-state index in [1.165, 1.54) is 14.2 Å². The van der Waals surface area contributed by atoms with E-state index >= 15 is 0 Å². The third kappa shape index (κ3) is 3.89. The van der Waals surface area contributed by atoms with Crippen molar-refractivity contribution >= 4 is 16.2 Å². The molecule has 0 aliphatic carbocycles. The lowest BCUT2D eigenvalue weighted by Crippen LogP contribution is -2.56. The number of carbonyl (C=O) groups is 1. The summed E-state index contributed by atoms with van der Waals surface area (Å²) < 4.78 is 41.8. The van der Waals surface area contributed by atoms with Gasteiger partial charge in [-0.25, -0.2) is 0 Å². The zero-order valence-electron chi connectivity index (χ0n) is 10.4. The average Bonchev–Trinajstić information content (AvgIpc) is 2.38. The van der Waals surface area contributed by atoms with Crippen molar-refractivity contribution in [2.24, 2.45) is 0 Å². The van der Waals surface area contributed by atoms with Crippen LogP contribution in [0.15, 0.2) is 0 Å². The molecule has 1 fully saturated rings. The predicted octanol–water partition coefficient (Wildman–Crippen LogP) is -1.66. The van der Waals surface area contributed by atoms with E-state index in [0.29, 0.717) is 0 Å². The topological polar surface area (TPSA) is 94.2 Å². The van der Waals surface area contributed by atoms with Crippen LogP contribution in [-0.4, -0.2) is 71.9 Å². The van der Waals surface area contributed by atoms with Crippen molar-refractivity contribution < 1.29 is 27.4 Å². The molecule has 0 radical (unpaired) electrons. The molecular weight excluding hydrogens is 264 g/mol. The molecule has 1 rings (SSSR count). The van der Waals surface area contributed by atoms with Crippen molar-refractivity contribution in [1.82, 2.24) is 9.03 Å². The van der Waals surface area contributed by atoms with Gasteiger partial charge in [0.1, 0.15) is 6.04 Å². The van der Waals surface area contributed by atoms with Crippen molar-refractivity contribution in [3.63, 3.8) is 0 Å². The van der Waals surface area contributed by atoms with Crippen LogP contribution in [0, 0.1) is 0 Å². The van der Waals surface area contributed by atoms with Crippen LogP contribution in [-0.2, 0) is 29.2 Å². The second-order valence-corrected chi connectivity index (χ2v) is 5.32. The minimum atomic E-state index is -3.74. The molecule has 1 saturated heterocycles. The van der Waals surface area contributed by atoms with Crippen LogP contribution in [0.1, 0.15) is 0 Å².